The topological polar surface area (TPSA) is 68.5 Å². The molecule has 180 valence electrons. The molecule has 0 aliphatic carbocycles. The van der Waals surface area contributed by atoms with Crippen LogP contribution in [0, 0.1) is 12.7 Å². The molecular weight excluding hydrogens is 501 g/mol. The van der Waals surface area contributed by atoms with Crippen molar-refractivity contribution in [1.29, 1.82) is 0 Å². The van der Waals surface area contributed by atoms with E-state index in [0.29, 0.717) is 5.56 Å². The number of hydrogen-bond donors (Lipinski definition) is 1. The second-order valence-corrected chi connectivity index (χ2v) is 8.09. The number of alkyl halides is 3. The largest absolute Gasteiger partial charge is 0.484 e. The first-order valence-corrected chi connectivity index (χ1v) is 10.6. The molecule has 1 N–H and O–H groups in total. The van der Waals surface area contributed by atoms with Crippen molar-refractivity contribution in [2.45, 2.75) is 26.6 Å². The molecule has 1 aromatic heterocycles. The molecule has 0 unspecified atom stereocenters. The summed E-state index contributed by atoms with van der Waals surface area (Å²) in [5.74, 6) is -2.96. The third-order valence-corrected chi connectivity index (χ3v) is 5.75. The van der Waals surface area contributed by atoms with E-state index in [1.54, 1.807) is 6.92 Å². The van der Waals surface area contributed by atoms with Gasteiger partial charge in [0, 0.05) is 29.4 Å². The standard InChI is InChI=1S/C23H17Cl2F4NO4/c1-3-30-11(2)18(13-6-14(26)9-15(7-13)34-10-23(27,28)29)21(31)19(22(32)33)20(30)12-4-5-16(24)17(25)8-12/h4-9H,3,10H2,1-2H3,(H,32,33). The molecule has 0 bridgehead atoms. The molecule has 0 atom stereocenters. The second kappa shape index (κ2) is 9.68. The van der Waals surface area contributed by atoms with E-state index in [1.165, 1.54) is 29.7 Å². The Balaban J connectivity index is 2.32. The minimum atomic E-state index is -4.66. The highest BCUT2D eigenvalue weighted by Crippen LogP contribution is 2.34. The van der Waals surface area contributed by atoms with Crippen LogP contribution in [0.25, 0.3) is 22.4 Å². The summed E-state index contributed by atoms with van der Waals surface area (Å²) >= 11 is 12.1. The number of halogens is 6. The molecule has 2 aromatic carbocycles. The fraction of sp³-hybridized carbons (Fsp3) is 0.217. The maximum Gasteiger partial charge on any atom is 0.422 e. The average Bonchev–Trinajstić information content (AvgIpc) is 2.73. The van der Waals surface area contributed by atoms with Crippen molar-refractivity contribution in [3.05, 3.63) is 73.7 Å². The van der Waals surface area contributed by atoms with Crippen LogP contribution in [-0.2, 0) is 6.54 Å². The van der Waals surface area contributed by atoms with Gasteiger partial charge in [-0.15, -0.1) is 0 Å². The molecule has 0 saturated carbocycles. The Morgan fingerprint density at radius 2 is 1.76 bits per heavy atom. The Morgan fingerprint density at radius 1 is 1.09 bits per heavy atom. The van der Waals surface area contributed by atoms with Crippen molar-refractivity contribution < 1.29 is 32.2 Å². The van der Waals surface area contributed by atoms with Crippen molar-refractivity contribution in [3.8, 4) is 28.1 Å². The van der Waals surface area contributed by atoms with Crippen molar-refractivity contribution in [3.63, 3.8) is 0 Å². The summed E-state index contributed by atoms with van der Waals surface area (Å²) in [6.45, 7) is 1.78. The monoisotopic (exact) mass is 517 g/mol. The fourth-order valence-electron chi connectivity index (χ4n) is 3.67. The van der Waals surface area contributed by atoms with Crippen LogP contribution >= 0.6 is 23.2 Å². The van der Waals surface area contributed by atoms with Gasteiger partial charge in [-0.05, 0) is 43.7 Å². The van der Waals surface area contributed by atoms with Gasteiger partial charge in [-0.3, -0.25) is 4.79 Å². The zero-order valence-electron chi connectivity index (χ0n) is 17.8. The molecule has 0 saturated heterocycles. The fourth-order valence-corrected chi connectivity index (χ4v) is 3.97. The number of aromatic carboxylic acids is 1. The number of benzene rings is 2. The van der Waals surface area contributed by atoms with Gasteiger partial charge in [-0.1, -0.05) is 29.3 Å². The van der Waals surface area contributed by atoms with Crippen molar-refractivity contribution in [2.24, 2.45) is 0 Å². The number of carbonyl (C=O) groups is 1. The second-order valence-electron chi connectivity index (χ2n) is 7.27. The minimum absolute atomic E-state index is 0.0600. The van der Waals surface area contributed by atoms with Crippen LogP contribution in [-0.4, -0.2) is 28.4 Å². The van der Waals surface area contributed by atoms with E-state index in [-0.39, 0.29) is 39.1 Å². The van der Waals surface area contributed by atoms with Gasteiger partial charge in [0.2, 0.25) is 5.43 Å². The normalized spacial score (nSPS) is 11.5. The van der Waals surface area contributed by atoms with Crippen molar-refractivity contribution in [1.82, 2.24) is 4.57 Å². The predicted molar refractivity (Wildman–Crippen MR) is 120 cm³/mol. The highest BCUT2D eigenvalue weighted by atomic mass is 35.5. The van der Waals surface area contributed by atoms with E-state index in [4.69, 9.17) is 23.2 Å². The summed E-state index contributed by atoms with van der Waals surface area (Å²) in [7, 11) is 0. The molecule has 0 aliphatic rings. The first kappa shape index (κ1) is 25.6. The number of aromatic nitrogens is 1. The molecule has 0 aliphatic heterocycles. The van der Waals surface area contributed by atoms with E-state index in [1.807, 2.05) is 0 Å². The third kappa shape index (κ3) is 5.20. The number of ether oxygens (including phenoxy) is 1. The van der Waals surface area contributed by atoms with Gasteiger partial charge in [0.1, 0.15) is 17.1 Å². The lowest BCUT2D eigenvalue weighted by Gasteiger charge is -2.21. The lowest BCUT2D eigenvalue weighted by Crippen LogP contribution is -2.25. The van der Waals surface area contributed by atoms with E-state index in [0.717, 1.165) is 18.2 Å². The molecule has 0 radical (unpaired) electrons. The number of hydrogen-bond acceptors (Lipinski definition) is 3. The number of carboxylic acids is 1. The van der Waals surface area contributed by atoms with E-state index in [9.17, 15) is 32.3 Å². The molecule has 0 spiro atoms. The minimum Gasteiger partial charge on any atom is -0.484 e. The number of pyridine rings is 1. The van der Waals surface area contributed by atoms with Crippen LogP contribution in [0.3, 0.4) is 0 Å². The Bertz CT molecular complexity index is 1340. The Hall–Kier alpha value is -3.04. The van der Waals surface area contributed by atoms with Crippen molar-refractivity contribution in [2.75, 3.05) is 6.61 Å². The summed E-state index contributed by atoms with van der Waals surface area (Å²) in [4.78, 5) is 25.6. The average molecular weight is 518 g/mol. The Kier molecular flexibility index (Phi) is 7.28. The first-order chi connectivity index (χ1) is 15.8. The summed E-state index contributed by atoms with van der Waals surface area (Å²) in [5.41, 5.74) is -1.21. The summed E-state index contributed by atoms with van der Waals surface area (Å²) in [5, 5.41) is 10.3. The summed E-state index contributed by atoms with van der Waals surface area (Å²) in [6.07, 6.45) is -4.66. The lowest BCUT2D eigenvalue weighted by atomic mass is 9.96. The molecule has 11 heteroatoms. The highest BCUT2D eigenvalue weighted by Gasteiger charge is 2.29. The predicted octanol–water partition coefficient (Wildman–Crippen LogP) is 6.60. The third-order valence-electron chi connectivity index (χ3n) is 5.01. The number of rotatable bonds is 6. The van der Waals surface area contributed by atoms with Gasteiger partial charge in [0.25, 0.3) is 0 Å². The van der Waals surface area contributed by atoms with Gasteiger partial charge in [-0.2, -0.15) is 13.2 Å². The van der Waals surface area contributed by atoms with E-state index >= 15 is 0 Å². The van der Waals surface area contributed by atoms with E-state index < -0.39 is 41.3 Å². The molecule has 1 heterocycles. The van der Waals surface area contributed by atoms with Crippen molar-refractivity contribution >= 4 is 29.2 Å². The quantitative estimate of drug-likeness (QED) is 0.374. The molecule has 3 rings (SSSR count). The maximum atomic E-state index is 14.3. The van der Waals surface area contributed by atoms with Crippen LogP contribution < -0.4 is 10.2 Å². The SMILES string of the molecule is CCn1c(C)c(-c2cc(F)cc(OCC(F)(F)F)c2)c(=O)c(C(=O)O)c1-c1ccc(Cl)c(Cl)c1. The van der Waals surface area contributed by atoms with E-state index in [2.05, 4.69) is 4.74 Å². The van der Waals surface area contributed by atoms with Gasteiger partial charge < -0.3 is 14.4 Å². The highest BCUT2D eigenvalue weighted by molar-refractivity contribution is 6.42. The van der Waals surface area contributed by atoms with Gasteiger partial charge in [0.05, 0.1) is 15.7 Å². The van der Waals surface area contributed by atoms with Crippen LogP contribution in [0.1, 0.15) is 23.0 Å². The maximum absolute atomic E-state index is 14.3. The summed E-state index contributed by atoms with van der Waals surface area (Å²) < 4.78 is 58.0. The molecule has 0 fully saturated rings. The van der Waals surface area contributed by atoms with Crippen LogP contribution in [0.4, 0.5) is 17.6 Å². The molecule has 3 aromatic rings. The summed E-state index contributed by atoms with van der Waals surface area (Å²) in [6, 6.07) is 7.10. The Morgan fingerprint density at radius 3 is 2.32 bits per heavy atom. The molecular formula is C23H17Cl2F4NO4. The van der Waals surface area contributed by atoms with Gasteiger partial charge in [0.15, 0.2) is 6.61 Å². The lowest BCUT2D eigenvalue weighted by molar-refractivity contribution is -0.153. The number of nitrogens with zero attached hydrogens (tertiary/aromatic N) is 1. The molecule has 34 heavy (non-hydrogen) atoms. The zero-order chi connectivity index (χ0) is 25.4. The van der Waals surface area contributed by atoms with Gasteiger partial charge >= 0.3 is 12.1 Å². The molecule has 5 nitrogen and oxygen atoms in total. The van der Waals surface area contributed by atoms with Crippen LogP contribution in [0.2, 0.25) is 10.0 Å². The smallest absolute Gasteiger partial charge is 0.422 e. The zero-order valence-corrected chi connectivity index (χ0v) is 19.3. The van der Waals surface area contributed by atoms with Gasteiger partial charge in [-0.25, -0.2) is 9.18 Å². The molecule has 0 amide bonds. The van der Waals surface area contributed by atoms with Crippen LogP contribution in [0.5, 0.6) is 5.75 Å². The Labute approximate surface area is 201 Å². The van der Waals surface area contributed by atoms with Crippen LogP contribution in [0.15, 0.2) is 41.2 Å². The number of carboxylic acid groups (broad SMARTS) is 1. The first-order valence-electron chi connectivity index (χ1n) is 9.80.